The Balaban J connectivity index is 1.37. The summed E-state index contributed by atoms with van der Waals surface area (Å²) in [5.74, 6) is 0.458. The van der Waals surface area contributed by atoms with E-state index in [1.54, 1.807) is 42.0 Å². The number of esters is 1. The summed E-state index contributed by atoms with van der Waals surface area (Å²) in [5, 5.41) is 3.94. The average molecular weight is 470 g/mol. The van der Waals surface area contributed by atoms with Crippen LogP contribution in [-0.4, -0.2) is 49.0 Å². The highest BCUT2D eigenvalue weighted by Crippen LogP contribution is 2.32. The van der Waals surface area contributed by atoms with Gasteiger partial charge >= 0.3 is 5.97 Å². The van der Waals surface area contributed by atoms with Crippen LogP contribution < -0.4 is 14.4 Å². The van der Waals surface area contributed by atoms with Gasteiger partial charge in [-0.1, -0.05) is 5.16 Å². The van der Waals surface area contributed by atoms with Crippen molar-refractivity contribution >= 4 is 29.3 Å². The Hall–Kier alpha value is -3.53. The van der Waals surface area contributed by atoms with E-state index in [-0.39, 0.29) is 31.4 Å². The van der Waals surface area contributed by atoms with Crippen LogP contribution in [0.3, 0.4) is 0 Å². The van der Waals surface area contributed by atoms with Crippen LogP contribution in [-0.2, 0) is 20.9 Å². The molecular formula is C23H23N3O6S. The molecule has 0 spiro atoms. The van der Waals surface area contributed by atoms with E-state index in [1.807, 2.05) is 30.5 Å². The van der Waals surface area contributed by atoms with E-state index < -0.39 is 11.9 Å². The zero-order chi connectivity index (χ0) is 23.4. The molecule has 0 N–H and O–H groups in total. The van der Waals surface area contributed by atoms with Crippen molar-refractivity contribution in [3.8, 4) is 22.9 Å². The molecule has 1 aliphatic rings. The molecule has 10 heteroatoms. The second-order valence-electron chi connectivity index (χ2n) is 7.29. The molecule has 1 unspecified atom stereocenters. The van der Waals surface area contributed by atoms with Gasteiger partial charge in [-0.2, -0.15) is 4.98 Å². The number of rotatable bonds is 8. The second kappa shape index (κ2) is 9.95. The van der Waals surface area contributed by atoms with Crippen molar-refractivity contribution in [2.75, 3.05) is 31.9 Å². The molecule has 0 radical (unpaired) electrons. The summed E-state index contributed by atoms with van der Waals surface area (Å²) >= 11 is 1.62. The summed E-state index contributed by atoms with van der Waals surface area (Å²) < 4.78 is 21.1. The van der Waals surface area contributed by atoms with Crippen LogP contribution >= 0.6 is 11.8 Å². The van der Waals surface area contributed by atoms with Gasteiger partial charge in [0.25, 0.3) is 5.89 Å². The fraction of sp³-hybridized carbons (Fsp3) is 0.304. The van der Waals surface area contributed by atoms with Crippen LogP contribution in [0.1, 0.15) is 12.3 Å². The standard InChI is InChI=1S/C23H23N3O6S/c1-29-16-6-9-18(19(11-16)30-2)22-24-20(32-25-22)13-31-23(28)14-10-21(27)26(12-14)15-4-7-17(33-3)8-5-15/h4-9,11,14H,10,12-13H2,1-3H3. The van der Waals surface area contributed by atoms with Crippen molar-refractivity contribution in [3.63, 3.8) is 0 Å². The lowest BCUT2D eigenvalue weighted by atomic mass is 10.1. The summed E-state index contributed by atoms with van der Waals surface area (Å²) in [4.78, 5) is 32.0. The SMILES string of the molecule is COc1ccc(-c2noc(COC(=O)C3CC(=O)N(c4ccc(SC)cc4)C3)n2)c(OC)c1. The van der Waals surface area contributed by atoms with Gasteiger partial charge in [0.2, 0.25) is 11.7 Å². The van der Waals surface area contributed by atoms with Crippen molar-refractivity contribution in [2.45, 2.75) is 17.9 Å². The summed E-state index contributed by atoms with van der Waals surface area (Å²) in [6.07, 6.45) is 2.09. The van der Waals surface area contributed by atoms with Crippen molar-refractivity contribution in [1.29, 1.82) is 0 Å². The number of anilines is 1. The van der Waals surface area contributed by atoms with Gasteiger partial charge in [-0.15, -0.1) is 11.8 Å². The predicted octanol–water partition coefficient (Wildman–Crippen LogP) is 3.57. The van der Waals surface area contributed by atoms with Gasteiger partial charge in [-0.3, -0.25) is 9.59 Å². The molecule has 172 valence electrons. The molecule has 3 aromatic rings. The van der Waals surface area contributed by atoms with Gasteiger partial charge in [0.1, 0.15) is 11.5 Å². The Morgan fingerprint density at radius 2 is 1.97 bits per heavy atom. The topological polar surface area (TPSA) is 104 Å². The molecule has 1 aromatic heterocycles. The Labute approximate surface area is 195 Å². The van der Waals surface area contributed by atoms with Gasteiger partial charge < -0.3 is 23.6 Å². The number of carbonyl (C=O) groups excluding carboxylic acids is 2. The molecule has 2 aromatic carbocycles. The van der Waals surface area contributed by atoms with E-state index in [0.29, 0.717) is 22.9 Å². The van der Waals surface area contributed by atoms with E-state index in [4.69, 9.17) is 18.7 Å². The molecule has 0 saturated carbocycles. The number of carbonyl (C=O) groups is 2. The van der Waals surface area contributed by atoms with E-state index >= 15 is 0 Å². The van der Waals surface area contributed by atoms with E-state index in [0.717, 1.165) is 10.6 Å². The number of thioether (sulfide) groups is 1. The molecule has 9 nitrogen and oxygen atoms in total. The van der Waals surface area contributed by atoms with Crippen LogP contribution in [0.2, 0.25) is 0 Å². The molecule has 0 aliphatic carbocycles. The van der Waals surface area contributed by atoms with Crippen molar-refractivity contribution < 1.29 is 28.3 Å². The summed E-state index contributed by atoms with van der Waals surface area (Å²) in [6.45, 7) is 0.0891. The van der Waals surface area contributed by atoms with Crippen molar-refractivity contribution in [2.24, 2.45) is 5.92 Å². The summed E-state index contributed by atoms with van der Waals surface area (Å²) in [7, 11) is 3.10. The second-order valence-corrected chi connectivity index (χ2v) is 8.17. The van der Waals surface area contributed by atoms with Gasteiger partial charge in [0.05, 0.1) is 25.7 Å². The fourth-order valence-corrected chi connectivity index (χ4v) is 3.94. The third-order valence-corrected chi connectivity index (χ3v) is 6.04. The monoisotopic (exact) mass is 469 g/mol. The Morgan fingerprint density at radius 1 is 1.18 bits per heavy atom. The van der Waals surface area contributed by atoms with E-state index in [1.165, 1.54) is 7.11 Å². The first-order chi connectivity index (χ1) is 16.0. The first-order valence-corrected chi connectivity index (χ1v) is 11.4. The van der Waals surface area contributed by atoms with Gasteiger partial charge in [-0.05, 0) is 42.7 Å². The number of ether oxygens (including phenoxy) is 3. The minimum absolute atomic E-state index is 0.0985. The lowest BCUT2D eigenvalue weighted by Crippen LogP contribution is -2.26. The van der Waals surface area contributed by atoms with Crippen LogP contribution in [0.15, 0.2) is 51.9 Å². The maximum absolute atomic E-state index is 12.6. The summed E-state index contributed by atoms with van der Waals surface area (Å²) in [5.41, 5.74) is 1.38. The number of benzene rings is 2. The number of nitrogens with zero attached hydrogens (tertiary/aromatic N) is 3. The van der Waals surface area contributed by atoms with Gasteiger partial charge in [0, 0.05) is 29.6 Å². The predicted molar refractivity (Wildman–Crippen MR) is 121 cm³/mol. The zero-order valence-electron chi connectivity index (χ0n) is 18.4. The Kier molecular flexibility index (Phi) is 6.83. The molecule has 0 bridgehead atoms. The Bertz CT molecular complexity index is 1150. The molecule has 1 atom stereocenters. The fourth-order valence-electron chi connectivity index (χ4n) is 3.53. The minimum Gasteiger partial charge on any atom is -0.497 e. The average Bonchev–Trinajstić information content (AvgIpc) is 3.49. The van der Waals surface area contributed by atoms with Gasteiger partial charge in [-0.25, -0.2) is 0 Å². The number of hydrogen-bond acceptors (Lipinski definition) is 9. The quantitative estimate of drug-likeness (QED) is 0.362. The maximum Gasteiger partial charge on any atom is 0.311 e. The van der Waals surface area contributed by atoms with Crippen LogP contribution in [0.25, 0.3) is 11.4 Å². The zero-order valence-corrected chi connectivity index (χ0v) is 19.3. The lowest BCUT2D eigenvalue weighted by Gasteiger charge is -2.16. The van der Waals surface area contributed by atoms with Crippen molar-refractivity contribution in [1.82, 2.24) is 10.1 Å². The first kappa shape index (κ1) is 22.7. The number of hydrogen-bond donors (Lipinski definition) is 0. The van der Waals surface area contributed by atoms with Gasteiger partial charge in [0.15, 0.2) is 6.61 Å². The lowest BCUT2D eigenvalue weighted by molar-refractivity contribution is -0.150. The molecule has 33 heavy (non-hydrogen) atoms. The molecule has 1 aliphatic heterocycles. The highest BCUT2D eigenvalue weighted by molar-refractivity contribution is 7.98. The first-order valence-electron chi connectivity index (χ1n) is 10.2. The molecule has 1 saturated heterocycles. The third kappa shape index (κ3) is 4.95. The van der Waals surface area contributed by atoms with E-state index in [9.17, 15) is 9.59 Å². The number of amides is 1. The Morgan fingerprint density at radius 3 is 2.67 bits per heavy atom. The summed E-state index contributed by atoms with van der Waals surface area (Å²) in [6, 6.07) is 12.9. The molecular weight excluding hydrogens is 446 g/mol. The number of aromatic nitrogens is 2. The molecule has 4 rings (SSSR count). The largest absolute Gasteiger partial charge is 0.497 e. The van der Waals surface area contributed by atoms with Crippen molar-refractivity contribution in [3.05, 3.63) is 48.4 Å². The number of methoxy groups -OCH3 is 2. The van der Waals surface area contributed by atoms with Crippen LogP contribution in [0.5, 0.6) is 11.5 Å². The van der Waals surface area contributed by atoms with Crippen LogP contribution in [0.4, 0.5) is 5.69 Å². The third-order valence-electron chi connectivity index (χ3n) is 5.30. The highest BCUT2D eigenvalue weighted by Gasteiger charge is 2.36. The smallest absolute Gasteiger partial charge is 0.311 e. The maximum atomic E-state index is 12.6. The molecule has 1 fully saturated rings. The highest BCUT2D eigenvalue weighted by atomic mass is 32.2. The van der Waals surface area contributed by atoms with E-state index in [2.05, 4.69) is 10.1 Å². The molecule has 2 heterocycles. The minimum atomic E-state index is -0.554. The molecule has 1 amide bonds. The normalized spacial score (nSPS) is 15.5. The van der Waals surface area contributed by atoms with Crippen LogP contribution in [0, 0.1) is 5.92 Å².